The van der Waals surface area contributed by atoms with E-state index in [1.807, 2.05) is 30.3 Å². The number of carbonyl (C=O) groups is 3. The lowest BCUT2D eigenvalue weighted by molar-refractivity contribution is -0.137. The lowest BCUT2D eigenvalue weighted by atomic mass is 9.92. The first kappa shape index (κ1) is 24.7. The predicted octanol–water partition coefficient (Wildman–Crippen LogP) is 6.24. The van der Waals surface area contributed by atoms with Crippen LogP contribution in [0.25, 0.3) is 10.8 Å². The second-order valence-electron chi connectivity index (χ2n) is 8.90. The summed E-state index contributed by atoms with van der Waals surface area (Å²) < 4.78 is 0. The number of aliphatic carboxylic acids is 1. The van der Waals surface area contributed by atoms with Crippen molar-refractivity contribution in [2.24, 2.45) is 0 Å². The molecule has 2 amide bonds. The van der Waals surface area contributed by atoms with Crippen LogP contribution in [-0.2, 0) is 4.79 Å². The van der Waals surface area contributed by atoms with Crippen molar-refractivity contribution in [3.05, 3.63) is 41.5 Å². The molecule has 0 bridgehead atoms. The van der Waals surface area contributed by atoms with Gasteiger partial charge in [-0.25, -0.2) is 0 Å². The highest BCUT2D eigenvalue weighted by Crippen LogP contribution is 2.34. The third-order valence-electron chi connectivity index (χ3n) is 6.36. The number of carboxylic acids is 1. The summed E-state index contributed by atoms with van der Waals surface area (Å²) in [4.78, 5) is 38.2. The van der Waals surface area contributed by atoms with Gasteiger partial charge in [0.05, 0.1) is 0 Å². The minimum atomic E-state index is -0.766. The fourth-order valence-corrected chi connectivity index (χ4v) is 4.53. The van der Waals surface area contributed by atoms with Gasteiger partial charge in [-0.2, -0.15) is 0 Å². The molecule has 1 heterocycles. The zero-order valence-corrected chi connectivity index (χ0v) is 19.7. The van der Waals surface area contributed by atoms with Crippen molar-refractivity contribution in [1.29, 1.82) is 0 Å². The predicted molar refractivity (Wildman–Crippen MR) is 132 cm³/mol. The van der Waals surface area contributed by atoms with E-state index in [2.05, 4.69) is 12.2 Å². The zero-order valence-electron chi connectivity index (χ0n) is 19.7. The fraction of sp³-hybridized carbons (Fsp3) is 0.519. The Balaban J connectivity index is 1.62. The van der Waals surface area contributed by atoms with Gasteiger partial charge in [-0.3, -0.25) is 19.3 Å². The molecule has 3 rings (SSSR count). The number of carbonyl (C=O) groups excluding carboxylic acids is 2. The largest absolute Gasteiger partial charge is 0.481 e. The normalized spacial score (nSPS) is 13.1. The molecule has 6 nitrogen and oxygen atoms in total. The molecule has 0 unspecified atom stereocenters. The Morgan fingerprint density at radius 3 is 2.27 bits per heavy atom. The summed E-state index contributed by atoms with van der Waals surface area (Å²) in [5.74, 6) is -1.21. The first-order valence-electron chi connectivity index (χ1n) is 12.4. The Morgan fingerprint density at radius 2 is 1.52 bits per heavy atom. The molecule has 0 aliphatic carbocycles. The number of nitrogens with zero attached hydrogens (tertiary/aromatic N) is 1. The Labute approximate surface area is 196 Å². The average molecular weight is 453 g/mol. The highest BCUT2D eigenvalue weighted by molar-refractivity contribution is 6.26. The molecule has 2 N–H and O–H groups in total. The third-order valence-corrected chi connectivity index (χ3v) is 6.36. The number of carboxylic acid groups (broad SMARTS) is 1. The maximum atomic E-state index is 13.1. The van der Waals surface area contributed by atoms with Crippen molar-refractivity contribution in [2.75, 3.05) is 18.4 Å². The number of nitrogens with one attached hydrogen (secondary N) is 1. The lowest BCUT2D eigenvalue weighted by Gasteiger charge is -2.28. The SMILES string of the molecule is CCCCCCCNc1ccc2c3c(cccc13)C(=O)N(CCCCCCCC(=O)O)C2=O. The Kier molecular flexibility index (Phi) is 9.28. The van der Waals surface area contributed by atoms with Crippen LogP contribution in [0.1, 0.15) is 98.3 Å². The second kappa shape index (κ2) is 12.4. The van der Waals surface area contributed by atoms with Crippen LogP contribution in [0.4, 0.5) is 5.69 Å². The van der Waals surface area contributed by atoms with Crippen molar-refractivity contribution in [2.45, 2.75) is 77.6 Å². The highest BCUT2D eigenvalue weighted by atomic mass is 16.4. The molecule has 0 atom stereocenters. The smallest absolute Gasteiger partial charge is 0.303 e. The second-order valence-corrected chi connectivity index (χ2v) is 8.90. The van der Waals surface area contributed by atoms with E-state index in [4.69, 9.17) is 5.11 Å². The quantitative estimate of drug-likeness (QED) is 0.247. The molecular weight excluding hydrogens is 416 g/mol. The third kappa shape index (κ3) is 6.34. The topological polar surface area (TPSA) is 86.7 Å². The van der Waals surface area contributed by atoms with Crippen molar-refractivity contribution in [1.82, 2.24) is 4.90 Å². The van der Waals surface area contributed by atoms with Gasteiger partial charge in [-0.15, -0.1) is 0 Å². The minimum absolute atomic E-state index is 0.194. The standard InChI is InChI=1S/C27H36N2O4/c1-2-3-4-7-10-18-28-23-17-16-22-25-20(23)13-12-14-21(25)26(32)29(27(22)33)19-11-8-5-6-9-15-24(30)31/h12-14,16-17,28H,2-11,15,18-19H2,1H3,(H,30,31). The van der Waals surface area contributed by atoms with Crippen molar-refractivity contribution < 1.29 is 19.5 Å². The van der Waals surface area contributed by atoms with Gasteiger partial charge in [0.15, 0.2) is 0 Å². The minimum Gasteiger partial charge on any atom is -0.481 e. The van der Waals surface area contributed by atoms with Gasteiger partial charge >= 0.3 is 5.97 Å². The molecule has 2 aromatic rings. The first-order chi connectivity index (χ1) is 16.0. The molecule has 178 valence electrons. The summed E-state index contributed by atoms with van der Waals surface area (Å²) in [5, 5.41) is 13.9. The van der Waals surface area contributed by atoms with Gasteiger partial charge in [0.25, 0.3) is 11.8 Å². The zero-order chi connectivity index (χ0) is 23.6. The lowest BCUT2D eigenvalue weighted by Crippen LogP contribution is -2.40. The molecule has 1 aliphatic rings. The van der Waals surface area contributed by atoms with Gasteiger partial charge in [0.1, 0.15) is 0 Å². The Morgan fingerprint density at radius 1 is 0.848 bits per heavy atom. The number of rotatable bonds is 15. The van der Waals surface area contributed by atoms with E-state index in [0.717, 1.165) is 55.1 Å². The van der Waals surface area contributed by atoms with E-state index >= 15 is 0 Å². The number of benzene rings is 2. The summed E-state index contributed by atoms with van der Waals surface area (Å²) >= 11 is 0. The molecule has 0 saturated heterocycles. The van der Waals surface area contributed by atoms with Gasteiger partial charge in [-0.1, -0.05) is 64.0 Å². The molecule has 33 heavy (non-hydrogen) atoms. The Bertz CT molecular complexity index is 963. The van der Waals surface area contributed by atoms with Crippen LogP contribution >= 0.6 is 0 Å². The van der Waals surface area contributed by atoms with Crippen LogP contribution in [-0.4, -0.2) is 40.9 Å². The monoisotopic (exact) mass is 452 g/mol. The van der Waals surface area contributed by atoms with Gasteiger partial charge in [0, 0.05) is 47.1 Å². The summed E-state index contributed by atoms with van der Waals surface area (Å²) in [6, 6.07) is 9.49. The molecule has 0 aromatic heterocycles. The molecule has 0 saturated carbocycles. The number of hydrogen-bond donors (Lipinski definition) is 2. The van der Waals surface area contributed by atoms with Crippen LogP contribution in [0.3, 0.4) is 0 Å². The summed E-state index contributed by atoms with van der Waals surface area (Å²) in [5.41, 5.74) is 2.16. The van der Waals surface area contributed by atoms with Crippen LogP contribution in [0.5, 0.6) is 0 Å². The maximum absolute atomic E-state index is 13.1. The van der Waals surface area contributed by atoms with E-state index in [-0.39, 0.29) is 18.2 Å². The average Bonchev–Trinajstić information content (AvgIpc) is 2.81. The van der Waals surface area contributed by atoms with E-state index in [1.54, 1.807) is 0 Å². The van der Waals surface area contributed by atoms with Crippen molar-refractivity contribution in [3.63, 3.8) is 0 Å². The van der Waals surface area contributed by atoms with Crippen molar-refractivity contribution >= 4 is 34.2 Å². The fourth-order valence-electron chi connectivity index (χ4n) is 4.53. The maximum Gasteiger partial charge on any atom is 0.303 e. The molecule has 0 radical (unpaired) electrons. The molecule has 0 spiro atoms. The van der Waals surface area contributed by atoms with Crippen LogP contribution in [0.15, 0.2) is 30.3 Å². The van der Waals surface area contributed by atoms with Crippen LogP contribution in [0, 0.1) is 0 Å². The summed E-state index contributed by atoms with van der Waals surface area (Å²) in [6.07, 6.45) is 10.3. The van der Waals surface area contributed by atoms with E-state index in [0.29, 0.717) is 24.1 Å². The number of imide groups is 1. The molecule has 6 heteroatoms. The number of amides is 2. The van der Waals surface area contributed by atoms with Crippen LogP contribution in [0.2, 0.25) is 0 Å². The molecule has 2 aromatic carbocycles. The first-order valence-corrected chi connectivity index (χ1v) is 12.4. The van der Waals surface area contributed by atoms with Gasteiger partial charge < -0.3 is 10.4 Å². The number of unbranched alkanes of at least 4 members (excludes halogenated alkanes) is 8. The van der Waals surface area contributed by atoms with Crippen LogP contribution < -0.4 is 5.32 Å². The van der Waals surface area contributed by atoms with E-state index in [9.17, 15) is 14.4 Å². The van der Waals surface area contributed by atoms with Gasteiger partial charge in [0.2, 0.25) is 0 Å². The molecular formula is C27H36N2O4. The molecule has 1 aliphatic heterocycles. The highest BCUT2D eigenvalue weighted by Gasteiger charge is 2.32. The Hall–Kier alpha value is -2.89. The summed E-state index contributed by atoms with van der Waals surface area (Å²) in [7, 11) is 0. The van der Waals surface area contributed by atoms with E-state index < -0.39 is 5.97 Å². The number of hydrogen-bond acceptors (Lipinski definition) is 4. The molecule has 0 fully saturated rings. The van der Waals surface area contributed by atoms with E-state index in [1.165, 1.54) is 30.6 Å². The van der Waals surface area contributed by atoms with Crippen molar-refractivity contribution in [3.8, 4) is 0 Å². The number of anilines is 1. The summed E-state index contributed by atoms with van der Waals surface area (Å²) in [6.45, 7) is 3.48. The van der Waals surface area contributed by atoms with Gasteiger partial charge in [-0.05, 0) is 37.5 Å².